The number of carbonyl (C=O) groups excluding carboxylic acids is 1. The highest BCUT2D eigenvalue weighted by atomic mass is 79.9. The van der Waals surface area contributed by atoms with E-state index in [1.807, 2.05) is 13.8 Å². The van der Waals surface area contributed by atoms with Crippen molar-refractivity contribution in [1.82, 2.24) is 4.98 Å². The van der Waals surface area contributed by atoms with Gasteiger partial charge in [-0.3, -0.25) is 0 Å². The zero-order valence-corrected chi connectivity index (χ0v) is 10.8. The number of carbonyl (C=O) groups is 1. The van der Waals surface area contributed by atoms with Crippen LogP contribution in [-0.2, 0) is 4.74 Å². The van der Waals surface area contributed by atoms with Crippen molar-refractivity contribution in [2.45, 2.75) is 13.8 Å². The molecular formula is C10H14BrNO3. The van der Waals surface area contributed by atoms with Crippen LogP contribution in [0.1, 0.15) is 24.2 Å². The van der Waals surface area contributed by atoms with E-state index >= 15 is 0 Å². The monoisotopic (exact) mass is 275 g/mol. The number of rotatable bonds is 2. The molecule has 5 heteroatoms. The molecule has 0 unspecified atom stereocenters. The van der Waals surface area contributed by atoms with E-state index in [4.69, 9.17) is 4.74 Å². The Kier molecular flexibility index (Phi) is 6.70. The van der Waals surface area contributed by atoms with Gasteiger partial charge in [0.05, 0.1) is 14.2 Å². The molecule has 0 saturated carbocycles. The Bertz CT molecular complexity index is 328. The number of aromatic nitrogens is 1. The molecule has 1 rings (SSSR count). The van der Waals surface area contributed by atoms with Crippen molar-refractivity contribution in [3.05, 3.63) is 22.3 Å². The Morgan fingerprint density at radius 2 is 2.00 bits per heavy atom. The molecule has 0 saturated heterocycles. The van der Waals surface area contributed by atoms with Gasteiger partial charge in [0.15, 0.2) is 0 Å². The van der Waals surface area contributed by atoms with Gasteiger partial charge < -0.3 is 9.47 Å². The quantitative estimate of drug-likeness (QED) is 0.779. The topological polar surface area (TPSA) is 48.4 Å². The van der Waals surface area contributed by atoms with E-state index in [0.717, 1.165) is 0 Å². The molecule has 1 heterocycles. The highest BCUT2D eigenvalue weighted by Gasteiger charge is 2.13. The van der Waals surface area contributed by atoms with Crippen LogP contribution in [-0.4, -0.2) is 25.2 Å². The first-order valence-electron chi connectivity index (χ1n) is 4.47. The van der Waals surface area contributed by atoms with Gasteiger partial charge in [0.1, 0.15) is 5.56 Å². The Balaban J connectivity index is 0.000000921. The van der Waals surface area contributed by atoms with E-state index in [2.05, 4.69) is 25.7 Å². The molecule has 1 aromatic heterocycles. The van der Waals surface area contributed by atoms with E-state index in [-0.39, 0.29) is 5.88 Å². The predicted molar refractivity (Wildman–Crippen MR) is 61.2 cm³/mol. The fourth-order valence-corrected chi connectivity index (χ4v) is 1.18. The highest BCUT2D eigenvalue weighted by molar-refractivity contribution is 9.10. The molecule has 0 fully saturated rings. The Labute approximate surface area is 97.7 Å². The van der Waals surface area contributed by atoms with Crippen LogP contribution < -0.4 is 4.74 Å². The van der Waals surface area contributed by atoms with Crippen LogP contribution in [0.25, 0.3) is 0 Å². The van der Waals surface area contributed by atoms with E-state index in [1.165, 1.54) is 14.2 Å². The van der Waals surface area contributed by atoms with Gasteiger partial charge in [-0.05, 0) is 22.0 Å². The van der Waals surface area contributed by atoms with Gasteiger partial charge in [-0.2, -0.15) is 0 Å². The molecular weight excluding hydrogens is 262 g/mol. The Hall–Kier alpha value is -1.10. The summed E-state index contributed by atoms with van der Waals surface area (Å²) in [7, 11) is 2.76. The summed E-state index contributed by atoms with van der Waals surface area (Å²) in [6.45, 7) is 4.00. The van der Waals surface area contributed by atoms with Crippen LogP contribution >= 0.6 is 15.9 Å². The molecule has 15 heavy (non-hydrogen) atoms. The van der Waals surface area contributed by atoms with Crippen LogP contribution in [0.15, 0.2) is 16.7 Å². The molecule has 0 amide bonds. The Morgan fingerprint density at radius 3 is 2.47 bits per heavy atom. The molecule has 0 aliphatic rings. The van der Waals surface area contributed by atoms with Crippen molar-refractivity contribution < 1.29 is 14.3 Å². The standard InChI is InChI=1S/C8H8BrNO3.C2H6/c1-12-7-6(8(11)13-2)3-5(9)4-10-7;1-2/h3-4H,1-2H3;1-2H3. The fourth-order valence-electron chi connectivity index (χ4n) is 0.846. The minimum absolute atomic E-state index is 0.259. The lowest BCUT2D eigenvalue weighted by atomic mass is 10.3. The minimum Gasteiger partial charge on any atom is -0.480 e. The first kappa shape index (κ1) is 13.9. The molecule has 84 valence electrons. The van der Waals surface area contributed by atoms with Crippen molar-refractivity contribution in [3.63, 3.8) is 0 Å². The maximum atomic E-state index is 11.2. The number of hydrogen-bond acceptors (Lipinski definition) is 4. The third-order valence-corrected chi connectivity index (χ3v) is 1.85. The molecule has 0 aliphatic carbocycles. The maximum absolute atomic E-state index is 11.2. The second-order valence-electron chi connectivity index (χ2n) is 2.20. The summed E-state index contributed by atoms with van der Waals surface area (Å²) >= 11 is 3.20. The molecule has 0 bridgehead atoms. The van der Waals surface area contributed by atoms with Crippen molar-refractivity contribution in [2.24, 2.45) is 0 Å². The number of nitrogens with zero attached hydrogens (tertiary/aromatic N) is 1. The van der Waals surface area contributed by atoms with Gasteiger partial charge in [0, 0.05) is 10.7 Å². The van der Waals surface area contributed by atoms with Crippen LogP contribution in [0.2, 0.25) is 0 Å². The van der Waals surface area contributed by atoms with Gasteiger partial charge in [-0.1, -0.05) is 13.8 Å². The summed E-state index contributed by atoms with van der Waals surface area (Å²) in [5.41, 5.74) is 0.305. The van der Waals surface area contributed by atoms with Gasteiger partial charge in [-0.15, -0.1) is 0 Å². The number of hydrogen-bond donors (Lipinski definition) is 0. The first-order valence-corrected chi connectivity index (χ1v) is 5.26. The third kappa shape index (κ3) is 3.87. The van der Waals surface area contributed by atoms with Crippen molar-refractivity contribution >= 4 is 21.9 Å². The number of ether oxygens (including phenoxy) is 2. The molecule has 0 spiro atoms. The van der Waals surface area contributed by atoms with Crippen LogP contribution in [0.3, 0.4) is 0 Å². The average molecular weight is 276 g/mol. The third-order valence-electron chi connectivity index (χ3n) is 1.42. The lowest BCUT2D eigenvalue weighted by Gasteiger charge is -2.04. The second kappa shape index (κ2) is 7.23. The molecule has 0 N–H and O–H groups in total. The van der Waals surface area contributed by atoms with Gasteiger partial charge in [0.2, 0.25) is 5.88 Å². The van der Waals surface area contributed by atoms with Crippen molar-refractivity contribution in [1.29, 1.82) is 0 Å². The highest BCUT2D eigenvalue weighted by Crippen LogP contribution is 2.20. The molecule has 4 nitrogen and oxygen atoms in total. The van der Waals surface area contributed by atoms with Crippen LogP contribution in [0.5, 0.6) is 5.88 Å². The van der Waals surface area contributed by atoms with Gasteiger partial charge in [-0.25, -0.2) is 9.78 Å². The largest absolute Gasteiger partial charge is 0.480 e. The van der Waals surface area contributed by atoms with Crippen LogP contribution in [0.4, 0.5) is 0 Å². The number of pyridine rings is 1. The van der Waals surface area contributed by atoms with E-state index in [0.29, 0.717) is 10.0 Å². The summed E-state index contributed by atoms with van der Waals surface area (Å²) in [4.78, 5) is 15.1. The summed E-state index contributed by atoms with van der Waals surface area (Å²) in [6.07, 6.45) is 1.55. The number of methoxy groups -OCH3 is 2. The molecule has 1 aromatic rings. The molecule has 0 aromatic carbocycles. The number of esters is 1. The average Bonchev–Trinajstić information content (AvgIpc) is 2.30. The van der Waals surface area contributed by atoms with E-state index < -0.39 is 5.97 Å². The van der Waals surface area contributed by atoms with Crippen molar-refractivity contribution in [3.8, 4) is 5.88 Å². The van der Waals surface area contributed by atoms with Gasteiger partial charge >= 0.3 is 5.97 Å². The predicted octanol–water partition coefficient (Wildman–Crippen LogP) is 2.67. The van der Waals surface area contributed by atoms with Gasteiger partial charge in [0.25, 0.3) is 0 Å². The van der Waals surface area contributed by atoms with Crippen molar-refractivity contribution in [2.75, 3.05) is 14.2 Å². The fraction of sp³-hybridized carbons (Fsp3) is 0.400. The van der Waals surface area contributed by atoms with E-state index in [1.54, 1.807) is 12.3 Å². The molecule has 0 aliphatic heterocycles. The first-order chi connectivity index (χ1) is 7.19. The molecule has 0 atom stereocenters. The smallest absolute Gasteiger partial charge is 0.343 e. The lowest BCUT2D eigenvalue weighted by Crippen LogP contribution is -2.05. The minimum atomic E-state index is -0.467. The summed E-state index contributed by atoms with van der Waals surface area (Å²) in [6, 6.07) is 1.59. The SMILES string of the molecule is CC.COC(=O)c1cc(Br)cnc1OC. The Morgan fingerprint density at radius 1 is 1.40 bits per heavy atom. The van der Waals surface area contributed by atoms with Crippen LogP contribution in [0, 0.1) is 0 Å². The maximum Gasteiger partial charge on any atom is 0.343 e. The normalized spacial score (nSPS) is 8.60. The zero-order chi connectivity index (χ0) is 11.8. The van der Waals surface area contributed by atoms with E-state index in [9.17, 15) is 4.79 Å². The summed E-state index contributed by atoms with van der Waals surface area (Å²) in [5.74, 6) is -0.208. The summed E-state index contributed by atoms with van der Waals surface area (Å²) in [5, 5.41) is 0. The second-order valence-corrected chi connectivity index (χ2v) is 3.12. The lowest BCUT2D eigenvalue weighted by molar-refractivity contribution is 0.0596. The molecule has 0 radical (unpaired) electrons. The summed E-state index contributed by atoms with van der Waals surface area (Å²) < 4.78 is 10.1. The number of halogens is 1. The zero-order valence-electron chi connectivity index (χ0n) is 9.20.